The average Bonchev–Trinajstić information content (AvgIpc) is 2.78. The lowest BCUT2D eigenvalue weighted by Crippen LogP contribution is -2.21. The van der Waals surface area contributed by atoms with E-state index in [1.807, 2.05) is 11.8 Å². The summed E-state index contributed by atoms with van der Waals surface area (Å²) in [5.74, 6) is 0. The van der Waals surface area contributed by atoms with Gasteiger partial charge in [0.05, 0.1) is 11.8 Å². The molecular formula is C12H15ClN2S. The lowest BCUT2D eigenvalue weighted by molar-refractivity contribution is 0.476. The van der Waals surface area contributed by atoms with Crippen LogP contribution in [0.4, 0.5) is 0 Å². The maximum atomic E-state index is 4.50. The number of fused-ring (bicyclic) bond motifs is 1. The Kier molecular flexibility index (Phi) is 3.45. The molecule has 86 valence electrons. The summed E-state index contributed by atoms with van der Waals surface area (Å²) in [6.45, 7) is 5.37. The second-order valence-electron chi connectivity index (χ2n) is 4.13. The SMILES string of the molecule is Cc1ccc(C2CN3CCN=C3S2)cc1.Cl. The number of thioether (sulfide) groups is 1. The third-order valence-electron chi connectivity index (χ3n) is 2.97. The standard InChI is InChI=1S/C12H14N2S.ClH/c1-9-2-4-10(5-3-9)11-8-14-7-6-13-12(14)15-11;/h2-5,11H,6-8H2,1H3;1H. The van der Waals surface area contributed by atoms with Crippen molar-refractivity contribution in [2.24, 2.45) is 4.99 Å². The first-order chi connectivity index (χ1) is 7.33. The van der Waals surface area contributed by atoms with Crippen molar-refractivity contribution in [3.05, 3.63) is 35.4 Å². The van der Waals surface area contributed by atoms with Gasteiger partial charge in [0, 0.05) is 13.1 Å². The van der Waals surface area contributed by atoms with Crippen LogP contribution in [0, 0.1) is 6.92 Å². The summed E-state index contributed by atoms with van der Waals surface area (Å²) in [6, 6.07) is 8.88. The number of aryl methyl sites for hydroxylation is 1. The fourth-order valence-corrected chi connectivity index (χ4v) is 3.35. The maximum absolute atomic E-state index is 4.50. The lowest BCUT2D eigenvalue weighted by atomic mass is 10.1. The number of benzene rings is 1. The molecule has 2 heterocycles. The third kappa shape index (κ3) is 2.06. The van der Waals surface area contributed by atoms with E-state index in [-0.39, 0.29) is 12.4 Å². The van der Waals surface area contributed by atoms with Crippen LogP contribution in [-0.4, -0.2) is 29.7 Å². The Bertz CT molecular complexity index is 402. The molecule has 1 unspecified atom stereocenters. The monoisotopic (exact) mass is 254 g/mol. The zero-order valence-corrected chi connectivity index (χ0v) is 10.9. The number of aliphatic imine (C=N–C) groups is 1. The summed E-state index contributed by atoms with van der Waals surface area (Å²) in [5, 5.41) is 1.84. The van der Waals surface area contributed by atoms with Crippen LogP contribution in [0.2, 0.25) is 0 Å². The molecule has 0 saturated carbocycles. The van der Waals surface area contributed by atoms with Gasteiger partial charge in [0.25, 0.3) is 0 Å². The number of hydrogen-bond donors (Lipinski definition) is 0. The molecule has 1 aromatic carbocycles. The van der Waals surface area contributed by atoms with Crippen molar-refractivity contribution in [1.82, 2.24) is 4.90 Å². The van der Waals surface area contributed by atoms with Gasteiger partial charge in [-0.15, -0.1) is 12.4 Å². The van der Waals surface area contributed by atoms with Crippen LogP contribution in [0.1, 0.15) is 16.4 Å². The molecule has 2 aliphatic heterocycles. The van der Waals surface area contributed by atoms with Crippen molar-refractivity contribution in [1.29, 1.82) is 0 Å². The van der Waals surface area contributed by atoms with Crippen LogP contribution in [-0.2, 0) is 0 Å². The normalized spacial score (nSPS) is 22.7. The molecule has 0 spiro atoms. The highest BCUT2D eigenvalue weighted by molar-refractivity contribution is 8.14. The third-order valence-corrected chi connectivity index (χ3v) is 4.27. The Morgan fingerprint density at radius 1 is 1.31 bits per heavy atom. The number of amidine groups is 1. The van der Waals surface area contributed by atoms with E-state index >= 15 is 0 Å². The van der Waals surface area contributed by atoms with E-state index in [9.17, 15) is 0 Å². The molecule has 3 rings (SSSR count). The minimum Gasteiger partial charge on any atom is -0.348 e. The van der Waals surface area contributed by atoms with E-state index in [0.29, 0.717) is 5.25 Å². The van der Waals surface area contributed by atoms with Gasteiger partial charge in [0.15, 0.2) is 5.17 Å². The minimum atomic E-state index is 0. The van der Waals surface area contributed by atoms with E-state index in [1.54, 1.807) is 0 Å². The van der Waals surface area contributed by atoms with Gasteiger partial charge in [0.2, 0.25) is 0 Å². The second-order valence-corrected chi connectivity index (χ2v) is 5.30. The van der Waals surface area contributed by atoms with Crippen molar-refractivity contribution in [3.63, 3.8) is 0 Å². The fraction of sp³-hybridized carbons (Fsp3) is 0.417. The molecule has 1 saturated heterocycles. The van der Waals surface area contributed by atoms with Gasteiger partial charge in [0.1, 0.15) is 0 Å². The highest BCUT2D eigenvalue weighted by Crippen LogP contribution is 2.39. The van der Waals surface area contributed by atoms with Gasteiger partial charge in [-0.2, -0.15) is 0 Å². The summed E-state index contributed by atoms with van der Waals surface area (Å²) in [5.41, 5.74) is 2.77. The van der Waals surface area contributed by atoms with E-state index in [1.165, 1.54) is 16.3 Å². The van der Waals surface area contributed by atoms with Crippen molar-refractivity contribution in [3.8, 4) is 0 Å². The molecule has 1 atom stereocenters. The van der Waals surface area contributed by atoms with Crippen LogP contribution in [0.5, 0.6) is 0 Å². The van der Waals surface area contributed by atoms with Crippen LogP contribution in [0.15, 0.2) is 29.3 Å². The first-order valence-corrected chi connectivity index (χ1v) is 6.23. The highest BCUT2D eigenvalue weighted by Gasteiger charge is 2.31. The molecule has 0 N–H and O–H groups in total. The lowest BCUT2D eigenvalue weighted by Gasteiger charge is -2.11. The Balaban J connectivity index is 0.000000963. The zero-order valence-electron chi connectivity index (χ0n) is 9.22. The number of hydrogen-bond acceptors (Lipinski definition) is 3. The predicted molar refractivity (Wildman–Crippen MR) is 72.6 cm³/mol. The van der Waals surface area contributed by atoms with Gasteiger partial charge in [-0.3, -0.25) is 4.99 Å². The quantitative estimate of drug-likeness (QED) is 0.766. The Morgan fingerprint density at radius 3 is 2.75 bits per heavy atom. The summed E-state index contributed by atoms with van der Waals surface area (Å²) in [6.07, 6.45) is 0. The van der Waals surface area contributed by atoms with E-state index in [2.05, 4.69) is 41.1 Å². The number of halogens is 1. The Morgan fingerprint density at radius 2 is 2.06 bits per heavy atom. The molecule has 1 aromatic rings. The van der Waals surface area contributed by atoms with Crippen LogP contribution < -0.4 is 0 Å². The molecular weight excluding hydrogens is 240 g/mol. The Hall–Kier alpha value is -0.670. The molecule has 2 nitrogen and oxygen atoms in total. The molecule has 0 bridgehead atoms. The smallest absolute Gasteiger partial charge is 0.160 e. The molecule has 16 heavy (non-hydrogen) atoms. The van der Waals surface area contributed by atoms with Gasteiger partial charge in [-0.05, 0) is 12.5 Å². The van der Waals surface area contributed by atoms with Crippen molar-refractivity contribution in [2.75, 3.05) is 19.6 Å². The molecule has 0 aliphatic carbocycles. The molecule has 0 amide bonds. The molecule has 1 fully saturated rings. The summed E-state index contributed by atoms with van der Waals surface area (Å²) < 4.78 is 0. The first kappa shape index (κ1) is 11.8. The van der Waals surface area contributed by atoms with Gasteiger partial charge in [-0.25, -0.2) is 0 Å². The van der Waals surface area contributed by atoms with Crippen molar-refractivity contribution < 1.29 is 0 Å². The van der Waals surface area contributed by atoms with E-state index in [0.717, 1.165) is 19.6 Å². The summed E-state index contributed by atoms with van der Waals surface area (Å²) >= 11 is 1.92. The number of rotatable bonds is 1. The van der Waals surface area contributed by atoms with Crippen LogP contribution >= 0.6 is 24.2 Å². The molecule has 2 aliphatic rings. The van der Waals surface area contributed by atoms with Crippen LogP contribution in [0.25, 0.3) is 0 Å². The fourth-order valence-electron chi connectivity index (χ4n) is 2.06. The average molecular weight is 255 g/mol. The second kappa shape index (κ2) is 4.68. The van der Waals surface area contributed by atoms with Gasteiger partial charge < -0.3 is 4.90 Å². The van der Waals surface area contributed by atoms with Gasteiger partial charge >= 0.3 is 0 Å². The van der Waals surface area contributed by atoms with Gasteiger partial charge in [-0.1, -0.05) is 41.6 Å². The van der Waals surface area contributed by atoms with E-state index < -0.39 is 0 Å². The number of nitrogens with zero attached hydrogens (tertiary/aromatic N) is 2. The summed E-state index contributed by atoms with van der Waals surface area (Å²) in [7, 11) is 0. The van der Waals surface area contributed by atoms with Crippen LogP contribution in [0.3, 0.4) is 0 Å². The highest BCUT2D eigenvalue weighted by atomic mass is 35.5. The maximum Gasteiger partial charge on any atom is 0.160 e. The van der Waals surface area contributed by atoms with Crippen molar-refractivity contribution >= 4 is 29.3 Å². The summed E-state index contributed by atoms with van der Waals surface area (Å²) in [4.78, 5) is 6.89. The topological polar surface area (TPSA) is 15.6 Å². The molecule has 0 aromatic heterocycles. The van der Waals surface area contributed by atoms with E-state index in [4.69, 9.17) is 0 Å². The van der Waals surface area contributed by atoms with Crippen molar-refractivity contribution in [2.45, 2.75) is 12.2 Å². The molecule has 0 radical (unpaired) electrons. The Labute approximate surface area is 107 Å². The first-order valence-electron chi connectivity index (χ1n) is 5.35. The molecule has 4 heteroatoms. The minimum absolute atomic E-state index is 0. The largest absolute Gasteiger partial charge is 0.348 e. The predicted octanol–water partition coefficient (Wildman–Crippen LogP) is 2.88. The zero-order chi connectivity index (χ0) is 10.3.